The summed E-state index contributed by atoms with van der Waals surface area (Å²) >= 11 is 0. The molecule has 0 bridgehead atoms. The molecule has 1 atom stereocenters. The lowest BCUT2D eigenvalue weighted by atomic mass is 9.94. The number of hydrogen-bond donors (Lipinski definition) is 2. The Kier molecular flexibility index (Phi) is 4.52. The summed E-state index contributed by atoms with van der Waals surface area (Å²) in [5.74, 6) is -4.63. The molecule has 1 saturated heterocycles. The molecule has 25 heavy (non-hydrogen) atoms. The Bertz CT molecular complexity index is 832. The molecule has 7 nitrogen and oxygen atoms in total. The number of ether oxygens (including phenoxy) is 2. The Morgan fingerprint density at radius 1 is 1.28 bits per heavy atom. The van der Waals surface area contributed by atoms with E-state index >= 15 is 0 Å². The molecule has 0 aromatic heterocycles. The highest BCUT2D eigenvalue weighted by Gasteiger charge is 2.45. The average molecular weight is 375 g/mol. The van der Waals surface area contributed by atoms with Gasteiger partial charge < -0.3 is 14.6 Å². The number of carboxylic acids is 1. The van der Waals surface area contributed by atoms with Crippen LogP contribution in [0.4, 0.5) is 14.5 Å². The van der Waals surface area contributed by atoms with Crippen molar-refractivity contribution in [2.75, 3.05) is 17.9 Å². The van der Waals surface area contributed by atoms with E-state index in [4.69, 9.17) is 9.47 Å². The van der Waals surface area contributed by atoms with Gasteiger partial charge >= 0.3 is 5.97 Å². The van der Waals surface area contributed by atoms with Crippen molar-refractivity contribution in [1.82, 2.24) is 0 Å². The van der Waals surface area contributed by atoms with Gasteiger partial charge in [-0.15, -0.1) is 0 Å². The zero-order valence-corrected chi connectivity index (χ0v) is 13.7. The Balaban J connectivity index is 1.92. The molecule has 10 heteroatoms. The number of halogens is 2. The van der Waals surface area contributed by atoms with Crippen molar-refractivity contribution in [1.29, 1.82) is 0 Å². The summed E-state index contributed by atoms with van der Waals surface area (Å²) in [5.41, 5.74) is -0.872. The zero-order valence-electron chi connectivity index (χ0n) is 12.9. The van der Waals surface area contributed by atoms with Gasteiger partial charge in [0.1, 0.15) is 16.9 Å². The predicted molar refractivity (Wildman–Crippen MR) is 82.3 cm³/mol. The molecule has 136 valence electrons. The third-order valence-electron chi connectivity index (χ3n) is 4.06. The van der Waals surface area contributed by atoms with E-state index in [-0.39, 0.29) is 26.1 Å². The van der Waals surface area contributed by atoms with E-state index in [2.05, 4.69) is 0 Å². The molecular weight excluding hydrogens is 360 g/mol. The van der Waals surface area contributed by atoms with E-state index in [1.54, 1.807) is 0 Å². The highest BCUT2D eigenvalue weighted by Crippen LogP contribution is 2.37. The first-order valence-corrected chi connectivity index (χ1v) is 8.98. The molecule has 1 aliphatic carbocycles. The Morgan fingerprint density at radius 2 is 1.96 bits per heavy atom. The Labute approximate surface area is 142 Å². The lowest BCUT2D eigenvalue weighted by Gasteiger charge is -2.32. The lowest BCUT2D eigenvalue weighted by Crippen LogP contribution is -2.41. The molecule has 1 fully saturated rings. The molecule has 2 aliphatic rings. The van der Waals surface area contributed by atoms with Crippen molar-refractivity contribution in [2.45, 2.75) is 23.9 Å². The number of nitrogens with one attached hydrogen (secondary N) is 1. The molecule has 1 aromatic carbocycles. The molecule has 0 saturated carbocycles. The minimum Gasteiger partial charge on any atom is -0.478 e. The van der Waals surface area contributed by atoms with Gasteiger partial charge in [-0.3, -0.25) is 4.72 Å². The number of aliphatic carboxylic acids is 1. The van der Waals surface area contributed by atoms with E-state index in [9.17, 15) is 27.1 Å². The maximum Gasteiger partial charge on any atom is 0.332 e. The number of anilines is 1. The molecule has 2 N–H and O–H groups in total. The molecule has 1 aliphatic heterocycles. The van der Waals surface area contributed by atoms with E-state index in [1.807, 2.05) is 4.72 Å². The normalized spacial score (nSPS) is 22.6. The second-order valence-corrected chi connectivity index (χ2v) is 7.58. The summed E-state index contributed by atoms with van der Waals surface area (Å²) in [5, 5.41) is 7.95. The maximum atomic E-state index is 13.7. The van der Waals surface area contributed by atoms with Crippen LogP contribution in [0.25, 0.3) is 0 Å². The number of hydrogen-bond acceptors (Lipinski definition) is 5. The summed E-state index contributed by atoms with van der Waals surface area (Å²) in [4.78, 5) is 11.5. The second-order valence-electron chi connectivity index (χ2n) is 5.71. The van der Waals surface area contributed by atoms with E-state index in [1.165, 1.54) is 0 Å². The topological polar surface area (TPSA) is 102 Å². The molecule has 1 heterocycles. The van der Waals surface area contributed by atoms with Crippen molar-refractivity contribution in [3.05, 3.63) is 41.5 Å². The van der Waals surface area contributed by atoms with Gasteiger partial charge in [-0.2, -0.15) is 0 Å². The van der Waals surface area contributed by atoms with Crippen LogP contribution in [-0.4, -0.2) is 43.7 Å². The van der Waals surface area contributed by atoms with Crippen molar-refractivity contribution in [3.8, 4) is 0 Å². The van der Waals surface area contributed by atoms with Crippen LogP contribution in [0.5, 0.6) is 0 Å². The number of carbonyl (C=O) groups is 1. The van der Waals surface area contributed by atoms with Gasteiger partial charge in [-0.05, 0) is 24.6 Å². The third-order valence-corrected chi connectivity index (χ3v) is 5.80. The Hall–Kier alpha value is -2.04. The number of benzene rings is 1. The smallest absolute Gasteiger partial charge is 0.332 e. The van der Waals surface area contributed by atoms with Crippen molar-refractivity contribution in [3.63, 3.8) is 0 Å². The summed E-state index contributed by atoms with van der Waals surface area (Å²) in [7, 11) is -4.28. The molecule has 1 spiro atoms. The van der Waals surface area contributed by atoms with E-state index in [0.29, 0.717) is 6.07 Å². The highest BCUT2D eigenvalue weighted by atomic mass is 32.2. The largest absolute Gasteiger partial charge is 0.478 e. The first-order chi connectivity index (χ1) is 11.7. The highest BCUT2D eigenvalue weighted by molar-refractivity contribution is 7.93. The fraction of sp³-hybridized carbons (Fsp3) is 0.400. The van der Waals surface area contributed by atoms with Crippen LogP contribution < -0.4 is 4.72 Å². The van der Waals surface area contributed by atoms with Gasteiger partial charge in [0.25, 0.3) is 0 Å². The van der Waals surface area contributed by atoms with Crippen LogP contribution in [0.15, 0.2) is 29.8 Å². The predicted octanol–water partition coefficient (Wildman–Crippen LogP) is 1.62. The first kappa shape index (κ1) is 17.8. The van der Waals surface area contributed by atoms with Gasteiger partial charge in [0.05, 0.1) is 24.5 Å². The monoisotopic (exact) mass is 375 g/mol. The van der Waals surface area contributed by atoms with Gasteiger partial charge in [-0.1, -0.05) is 0 Å². The summed E-state index contributed by atoms with van der Waals surface area (Å²) in [6.45, 7) is 0.555. The summed E-state index contributed by atoms with van der Waals surface area (Å²) < 4.78 is 64.5. The fourth-order valence-corrected chi connectivity index (χ4v) is 4.45. The van der Waals surface area contributed by atoms with Gasteiger partial charge in [-0.25, -0.2) is 22.0 Å². The third kappa shape index (κ3) is 3.51. The minimum absolute atomic E-state index is 0.0870. The summed E-state index contributed by atoms with van der Waals surface area (Å²) in [6, 6.07) is 2.35. The molecule has 0 radical (unpaired) electrons. The van der Waals surface area contributed by atoms with Crippen LogP contribution in [0.2, 0.25) is 0 Å². The molecule has 1 unspecified atom stereocenters. The second kappa shape index (κ2) is 6.36. The van der Waals surface area contributed by atoms with Crippen molar-refractivity contribution in [2.24, 2.45) is 0 Å². The summed E-state index contributed by atoms with van der Waals surface area (Å²) in [6.07, 6.45) is 1.20. The number of carboxylic acid groups (broad SMARTS) is 1. The number of sulfonamides is 1. The minimum atomic E-state index is -4.28. The van der Waals surface area contributed by atoms with Crippen LogP contribution in [0.3, 0.4) is 0 Å². The van der Waals surface area contributed by atoms with Crippen LogP contribution >= 0.6 is 0 Å². The maximum absolute atomic E-state index is 13.7. The van der Waals surface area contributed by atoms with Crippen LogP contribution in [0, 0.1) is 11.6 Å². The molecular formula is C15H15F2NO6S. The zero-order chi connectivity index (χ0) is 18.2. The van der Waals surface area contributed by atoms with E-state index < -0.39 is 49.9 Å². The standard InChI is InChI=1S/C15H15F2NO6S/c16-9-1-2-12(11(17)7-9)18-25(21,22)13-3-4-15(23-5-6-24-15)8-10(13)14(19)20/h1-2,7-8,13,18H,3-6H2,(H,19,20). The molecule has 0 amide bonds. The fourth-order valence-electron chi connectivity index (χ4n) is 2.91. The quantitative estimate of drug-likeness (QED) is 0.829. The van der Waals surface area contributed by atoms with Gasteiger partial charge in [0.15, 0.2) is 5.79 Å². The Morgan fingerprint density at radius 3 is 2.56 bits per heavy atom. The van der Waals surface area contributed by atoms with Crippen LogP contribution in [0.1, 0.15) is 12.8 Å². The van der Waals surface area contributed by atoms with Crippen molar-refractivity contribution >= 4 is 21.7 Å². The van der Waals surface area contributed by atoms with Crippen LogP contribution in [-0.2, 0) is 24.3 Å². The van der Waals surface area contributed by atoms with Crippen molar-refractivity contribution < 1.29 is 36.6 Å². The lowest BCUT2D eigenvalue weighted by molar-refractivity contribution is -0.138. The van der Waals surface area contributed by atoms with Gasteiger partial charge in [0, 0.05) is 12.5 Å². The van der Waals surface area contributed by atoms with Gasteiger partial charge in [0.2, 0.25) is 10.0 Å². The molecule has 3 rings (SSSR count). The molecule has 1 aromatic rings. The SMILES string of the molecule is O=C(O)C1=CC2(CCC1S(=O)(=O)Nc1ccc(F)cc1F)OCCO2. The van der Waals surface area contributed by atoms with E-state index in [0.717, 1.165) is 18.2 Å². The average Bonchev–Trinajstić information content (AvgIpc) is 2.97. The first-order valence-electron chi connectivity index (χ1n) is 7.43. The number of rotatable bonds is 4.